The van der Waals surface area contributed by atoms with E-state index in [4.69, 9.17) is 0 Å². The van der Waals surface area contributed by atoms with E-state index >= 15 is 0 Å². The van der Waals surface area contributed by atoms with Gasteiger partial charge in [0.15, 0.2) is 9.84 Å². The fraction of sp³-hybridized carbons (Fsp3) is 1.00. The van der Waals surface area contributed by atoms with Crippen molar-refractivity contribution in [2.24, 2.45) is 5.92 Å². The third-order valence-corrected chi connectivity index (χ3v) is 7.98. The molecular formula is C11H21NO5S2. The van der Waals surface area contributed by atoms with Crippen LogP contribution in [-0.4, -0.2) is 51.3 Å². The lowest BCUT2D eigenvalue weighted by molar-refractivity contribution is 0.164. The summed E-state index contributed by atoms with van der Waals surface area (Å²) in [5, 5.41) is 8.44. The van der Waals surface area contributed by atoms with Crippen LogP contribution in [-0.2, 0) is 19.9 Å². The van der Waals surface area contributed by atoms with Crippen molar-refractivity contribution in [2.45, 2.75) is 43.4 Å². The second-order valence-corrected chi connectivity index (χ2v) is 9.74. The van der Waals surface area contributed by atoms with E-state index in [2.05, 4.69) is 4.72 Å². The molecule has 0 spiro atoms. The highest BCUT2D eigenvalue weighted by molar-refractivity contribution is 7.95. The van der Waals surface area contributed by atoms with Gasteiger partial charge in [-0.15, -0.1) is 0 Å². The fourth-order valence-corrected chi connectivity index (χ4v) is 7.28. The van der Waals surface area contributed by atoms with Crippen LogP contribution >= 0.6 is 0 Å². The Morgan fingerprint density at radius 1 is 1.16 bits per heavy atom. The summed E-state index contributed by atoms with van der Waals surface area (Å²) in [6, 6.07) is -0.257. The van der Waals surface area contributed by atoms with E-state index in [0.29, 0.717) is 6.42 Å². The van der Waals surface area contributed by atoms with E-state index in [-0.39, 0.29) is 36.5 Å². The molecule has 0 aromatic heterocycles. The predicted octanol–water partition coefficient (Wildman–Crippen LogP) is -0.356. The van der Waals surface area contributed by atoms with Crippen molar-refractivity contribution in [2.75, 3.05) is 18.1 Å². The molecular weight excluding hydrogens is 290 g/mol. The van der Waals surface area contributed by atoms with Crippen LogP contribution in [0.3, 0.4) is 0 Å². The number of aliphatic hydroxyl groups excluding tert-OH is 1. The lowest BCUT2D eigenvalue weighted by atomic mass is 9.86. The largest absolute Gasteiger partial charge is 0.396 e. The summed E-state index contributed by atoms with van der Waals surface area (Å²) in [6.07, 6.45) is 3.64. The third-order valence-electron chi connectivity index (χ3n) is 4.09. The van der Waals surface area contributed by atoms with Gasteiger partial charge in [0.05, 0.1) is 16.8 Å². The smallest absolute Gasteiger partial charge is 0.215 e. The number of sulfone groups is 1. The van der Waals surface area contributed by atoms with Gasteiger partial charge in [-0.2, -0.15) is 0 Å². The average Bonchev–Trinajstić information content (AvgIpc) is 2.71. The maximum absolute atomic E-state index is 12.2. The number of nitrogens with one attached hydrogen (secondary N) is 1. The van der Waals surface area contributed by atoms with Crippen LogP contribution in [0.2, 0.25) is 0 Å². The minimum atomic E-state index is -3.61. The van der Waals surface area contributed by atoms with Gasteiger partial charge in [0.1, 0.15) is 0 Å². The summed E-state index contributed by atoms with van der Waals surface area (Å²) in [4.78, 5) is 0. The summed E-state index contributed by atoms with van der Waals surface area (Å²) in [5.74, 6) is -0.382. The summed E-state index contributed by atoms with van der Waals surface area (Å²) in [5.41, 5.74) is 0. The number of hydrogen-bond acceptors (Lipinski definition) is 5. The molecule has 0 radical (unpaired) electrons. The molecule has 0 bridgehead atoms. The monoisotopic (exact) mass is 311 g/mol. The highest BCUT2D eigenvalue weighted by atomic mass is 32.2. The van der Waals surface area contributed by atoms with Crippen molar-refractivity contribution in [3.63, 3.8) is 0 Å². The SMILES string of the molecule is O=S1(=O)CCC(S(=O)(=O)NC2CCCCC2CO)C1. The molecule has 1 aliphatic carbocycles. The lowest BCUT2D eigenvalue weighted by Crippen LogP contribution is -2.47. The van der Waals surface area contributed by atoms with Crippen LogP contribution in [0.25, 0.3) is 0 Å². The minimum absolute atomic E-state index is 0.0316. The zero-order chi connectivity index (χ0) is 14.1. The van der Waals surface area contributed by atoms with Gasteiger partial charge in [0, 0.05) is 12.6 Å². The first-order chi connectivity index (χ1) is 8.84. The summed E-state index contributed by atoms with van der Waals surface area (Å²) < 4.78 is 49.7. The second kappa shape index (κ2) is 5.67. The van der Waals surface area contributed by atoms with Crippen molar-refractivity contribution in [1.82, 2.24) is 4.72 Å². The van der Waals surface area contributed by atoms with E-state index < -0.39 is 25.1 Å². The molecule has 0 aromatic rings. The Morgan fingerprint density at radius 3 is 2.42 bits per heavy atom. The van der Waals surface area contributed by atoms with Gasteiger partial charge in [0.25, 0.3) is 0 Å². The van der Waals surface area contributed by atoms with E-state index in [9.17, 15) is 21.9 Å². The molecule has 3 atom stereocenters. The maximum atomic E-state index is 12.2. The molecule has 1 saturated heterocycles. The maximum Gasteiger partial charge on any atom is 0.215 e. The molecule has 8 heteroatoms. The molecule has 6 nitrogen and oxygen atoms in total. The first-order valence-corrected chi connectivity index (χ1v) is 10.0. The van der Waals surface area contributed by atoms with Crippen LogP contribution in [0.15, 0.2) is 0 Å². The van der Waals surface area contributed by atoms with Gasteiger partial charge in [-0.05, 0) is 25.2 Å². The predicted molar refractivity (Wildman–Crippen MR) is 71.9 cm³/mol. The average molecular weight is 311 g/mol. The first-order valence-electron chi connectivity index (χ1n) is 6.66. The van der Waals surface area contributed by atoms with Gasteiger partial charge in [-0.3, -0.25) is 0 Å². The van der Waals surface area contributed by atoms with Gasteiger partial charge in [-0.1, -0.05) is 12.8 Å². The molecule has 0 amide bonds. The molecule has 1 saturated carbocycles. The normalized spacial score (nSPS) is 35.3. The van der Waals surface area contributed by atoms with Crippen molar-refractivity contribution in [3.05, 3.63) is 0 Å². The molecule has 19 heavy (non-hydrogen) atoms. The van der Waals surface area contributed by atoms with Crippen molar-refractivity contribution in [3.8, 4) is 0 Å². The van der Waals surface area contributed by atoms with E-state index in [1.165, 1.54) is 0 Å². The molecule has 0 aromatic carbocycles. The van der Waals surface area contributed by atoms with Crippen molar-refractivity contribution in [1.29, 1.82) is 0 Å². The van der Waals surface area contributed by atoms with E-state index in [0.717, 1.165) is 19.3 Å². The highest BCUT2D eigenvalue weighted by Gasteiger charge is 2.39. The van der Waals surface area contributed by atoms with Crippen LogP contribution in [0.4, 0.5) is 0 Å². The Balaban J connectivity index is 2.04. The number of sulfonamides is 1. The first kappa shape index (κ1) is 15.2. The van der Waals surface area contributed by atoms with Gasteiger partial charge >= 0.3 is 0 Å². The Kier molecular flexibility index (Phi) is 4.54. The topological polar surface area (TPSA) is 101 Å². The van der Waals surface area contributed by atoms with E-state index in [1.54, 1.807) is 0 Å². The van der Waals surface area contributed by atoms with Crippen LogP contribution < -0.4 is 4.72 Å². The zero-order valence-corrected chi connectivity index (χ0v) is 12.4. The number of rotatable bonds is 4. The van der Waals surface area contributed by atoms with Gasteiger partial charge < -0.3 is 5.11 Å². The van der Waals surface area contributed by atoms with Crippen LogP contribution in [0.1, 0.15) is 32.1 Å². The quantitative estimate of drug-likeness (QED) is 0.739. The fourth-order valence-electron chi connectivity index (χ4n) is 2.89. The second-order valence-electron chi connectivity index (χ2n) is 5.52. The highest BCUT2D eigenvalue weighted by Crippen LogP contribution is 2.26. The Labute approximate surface area is 114 Å². The Hall–Kier alpha value is -0.180. The summed E-state index contributed by atoms with van der Waals surface area (Å²) >= 11 is 0. The van der Waals surface area contributed by atoms with Crippen molar-refractivity contribution < 1.29 is 21.9 Å². The van der Waals surface area contributed by atoms with Crippen molar-refractivity contribution >= 4 is 19.9 Å². The minimum Gasteiger partial charge on any atom is -0.396 e. The standard InChI is InChI=1S/C11H21NO5S2/c13-7-9-3-1-2-4-11(9)12-19(16,17)10-5-6-18(14,15)8-10/h9-13H,1-8H2. The molecule has 112 valence electrons. The Morgan fingerprint density at radius 2 is 1.84 bits per heavy atom. The lowest BCUT2D eigenvalue weighted by Gasteiger charge is -2.31. The van der Waals surface area contributed by atoms with Gasteiger partial charge in [0.2, 0.25) is 10.0 Å². The molecule has 3 unspecified atom stereocenters. The molecule has 2 aliphatic rings. The van der Waals surface area contributed by atoms with Gasteiger partial charge in [-0.25, -0.2) is 21.6 Å². The molecule has 2 fully saturated rings. The van der Waals surface area contributed by atoms with E-state index in [1.807, 2.05) is 0 Å². The number of hydrogen-bond donors (Lipinski definition) is 2. The summed E-state index contributed by atoms with van der Waals surface area (Å²) in [6.45, 7) is -0.0316. The zero-order valence-electron chi connectivity index (χ0n) is 10.8. The third kappa shape index (κ3) is 3.68. The number of aliphatic hydroxyl groups is 1. The molecule has 1 heterocycles. The molecule has 1 aliphatic heterocycles. The van der Waals surface area contributed by atoms with Crippen LogP contribution in [0.5, 0.6) is 0 Å². The Bertz CT molecular complexity index is 513. The van der Waals surface area contributed by atoms with Crippen LogP contribution in [0, 0.1) is 5.92 Å². The summed E-state index contributed by atoms with van der Waals surface area (Å²) in [7, 11) is -6.82. The molecule has 2 N–H and O–H groups in total. The molecule has 2 rings (SSSR count).